The van der Waals surface area contributed by atoms with Crippen molar-refractivity contribution in [2.24, 2.45) is 0 Å². The third-order valence-electron chi connectivity index (χ3n) is 6.54. The maximum absolute atomic E-state index is 14.6. The Bertz CT molecular complexity index is 1900. The molecule has 0 atom stereocenters. The van der Waals surface area contributed by atoms with Gasteiger partial charge in [-0.25, -0.2) is 13.6 Å². The lowest BCUT2D eigenvalue weighted by molar-refractivity contribution is -0.138. The van der Waals surface area contributed by atoms with Crippen molar-refractivity contribution in [1.82, 2.24) is 9.55 Å². The van der Waals surface area contributed by atoms with Crippen LogP contribution in [0.3, 0.4) is 0 Å². The Kier molecular flexibility index (Phi) is 8.07. The second-order valence-electron chi connectivity index (χ2n) is 9.36. The highest BCUT2D eigenvalue weighted by Gasteiger charge is 2.37. The second-order valence-corrected chi connectivity index (χ2v) is 9.36. The molecule has 0 aliphatic rings. The number of carbonyl (C=O) groups excluding carboxylic acids is 1. The zero-order valence-electron chi connectivity index (χ0n) is 22.2. The van der Waals surface area contributed by atoms with Crippen LogP contribution < -0.4 is 10.3 Å². The maximum atomic E-state index is 14.6. The summed E-state index contributed by atoms with van der Waals surface area (Å²) in [5, 5.41) is -0.0552. The summed E-state index contributed by atoms with van der Waals surface area (Å²) in [6.07, 6.45) is -2.44. The molecule has 218 valence electrons. The summed E-state index contributed by atoms with van der Waals surface area (Å²) in [6, 6.07) is 17.2. The number of nitrogens with zero attached hydrogens (tertiary/aromatic N) is 2. The number of para-hydroxylation sites is 1. The lowest BCUT2D eigenvalue weighted by atomic mass is 10.1. The van der Waals surface area contributed by atoms with Crippen LogP contribution in [0.1, 0.15) is 32.6 Å². The number of esters is 1. The van der Waals surface area contributed by atoms with Crippen LogP contribution in [-0.2, 0) is 24.1 Å². The van der Waals surface area contributed by atoms with E-state index < -0.39 is 46.2 Å². The number of benzene rings is 4. The Labute approximate surface area is 241 Å². The zero-order valence-corrected chi connectivity index (χ0v) is 22.2. The molecule has 0 aliphatic heterocycles. The van der Waals surface area contributed by atoms with Crippen LogP contribution in [0.15, 0.2) is 96.6 Å². The van der Waals surface area contributed by atoms with Gasteiger partial charge in [0, 0.05) is 11.6 Å². The molecule has 0 amide bonds. The maximum Gasteiger partial charge on any atom is 0.420 e. The summed E-state index contributed by atoms with van der Waals surface area (Å²) in [6.45, 7) is 3.23. The van der Waals surface area contributed by atoms with E-state index in [1.54, 1.807) is 30.3 Å². The van der Waals surface area contributed by atoms with Gasteiger partial charge in [0.05, 0.1) is 29.3 Å². The van der Waals surface area contributed by atoms with Gasteiger partial charge in [0.25, 0.3) is 5.56 Å². The van der Waals surface area contributed by atoms with Crippen molar-refractivity contribution in [1.29, 1.82) is 0 Å². The van der Waals surface area contributed by atoms with Crippen LogP contribution >= 0.6 is 0 Å². The minimum Gasteiger partial charge on any atom is -0.457 e. The van der Waals surface area contributed by atoms with Crippen LogP contribution in [-0.4, -0.2) is 15.5 Å². The summed E-state index contributed by atoms with van der Waals surface area (Å²) in [4.78, 5) is 29.4. The molecule has 43 heavy (non-hydrogen) atoms. The van der Waals surface area contributed by atoms with E-state index in [-0.39, 0.29) is 40.9 Å². The minimum absolute atomic E-state index is 0.0552. The molecule has 4 aromatic carbocycles. The number of ether oxygens (including phenoxy) is 2. The van der Waals surface area contributed by atoms with E-state index in [2.05, 4.69) is 11.6 Å². The zero-order chi connectivity index (χ0) is 30.7. The average molecular weight is 593 g/mol. The topological polar surface area (TPSA) is 70.4 Å². The van der Waals surface area contributed by atoms with E-state index in [1.165, 1.54) is 35.2 Å². The van der Waals surface area contributed by atoms with Crippen molar-refractivity contribution in [2.75, 3.05) is 0 Å². The molecule has 6 nitrogen and oxygen atoms in total. The molecule has 0 radical (unpaired) electrons. The molecule has 0 saturated carbocycles. The van der Waals surface area contributed by atoms with Gasteiger partial charge in [-0.1, -0.05) is 49.1 Å². The number of rotatable bonds is 8. The first-order chi connectivity index (χ1) is 20.5. The second kappa shape index (κ2) is 11.9. The largest absolute Gasteiger partial charge is 0.457 e. The number of carbonyl (C=O) groups is 1. The van der Waals surface area contributed by atoms with Crippen molar-refractivity contribution in [2.45, 2.75) is 19.3 Å². The molecular formula is C32H21F5N2O4. The number of aromatic nitrogens is 2. The summed E-state index contributed by atoms with van der Waals surface area (Å²) >= 11 is 0. The first-order valence-corrected chi connectivity index (χ1v) is 12.7. The van der Waals surface area contributed by atoms with Crippen molar-refractivity contribution in [3.8, 4) is 11.5 Å². The van der Waals surface area contributed by atoms with Gasteiger partial charge < -0.3 is 14.0 Å². The Hall–Kier alpha value is -5.32. The molecule has 5 aromatic rings. The van der Waals surface area contributed by atoms with E-state index >= 15 is 0 Å². The van der Waals surface area contributed by atoms with E-state index in [1.807, 2.05) is 0 Å². The fourth-order valence-corrected chi connectivity index (χ4v) is 4.47. The first kappa shape index (κ1) is 29.2. The molecule has 0 spiro atoms. The molecular weight excluding hydrogens is 571 g/mol. The van der Waals surface area contributed by atoms with E-state index in [9.17, 15) is 31.5 Å². The predicted molar refractivity (Wildman–Crippen MR) is 149 cm³/mol. The predicted octanol–water partition coefficient (Wildman–Crippen LogP) is 7.53. The normalized spacial score (nSPS) is 11.4. The monoisotopic (exact) mass is 592 g/mol. The highest BCUT2D eigenvalue weighted by atomic mass is 19.4. The fraction of sp³-hybridized carbons (Fsp3) is 0.0938. The van der Waals surface area contributed by atoms with Gasteiger partial charge in [-0.15, -0.1) is 0 Å². The summed E-state index contributed by atoms with van der Waals surface area (Å²) < 4.78 is 82.6. The number of hydrogen-bond acceptors (Lipinski definition) is 5. The van der Waals surface area contributed by atoms with Crippen molar-refractivity contribution in [3.05, 3.63) is 142 Å². The smallest absolute Gasteiger partial charge is 0.420 e. The SMILES string of the molecule is C=Cc1cc(F)cc(F)c1Cn1cnc(=O)c2cc(Oc3c(C(=O)OCc4ccccc4)cccc3C(F)(F)F)ccc21. The van der Waals surface area contributed by atoms with Gasteiger partial charge in [0.15, 0.2) is 5.75 Å². The fourth-order valence-electron chi connectivity index (χ4n) is 4.47. The van der Waals surface area contributed by atoms with Crippen LogP contribution in [0.2, 0.25) is 0 Å². The number of hydrogen-bond donors (Lipinski definition) is 0. The van der Waals surface area contributed by atoms with Crippen LogP contribution in [0.25, 0.3) is 17.0 Å². The highest BCUT2D eigenvalue weighted by molar-refractivity contribution is 5.93. The molecule has 0 bridgehead atoms. The van der Waals surface area contributed by atoms with Crippen LogP contribution in [0.4, 0.5) is 22.0 Å². The molecule has 1 heterocycles. The molecule has 0 N–H and O–H groups in total. The third-order valence-corrected chi connectivity index (χ3v) is 6.54. The van der Waals surface area contributed by atoms with Gasteiger partial charge in [-0.3, -0.25) is 4.79 Å². The Morgan fingerprint density at radius 2 is 1.74 bits per heavy atom. The lowest BCUT2D eigenvalue weighted by Crippen LogP contribution is -2.15. The molecule has 0 fully saturated rings. The van der Waals surface area contributed by atoms with E-state index in [0.29, 0.717) is 11.6 Å². The number of alkyl halides is 3. The van der Waals surface area contributed by atoms with Gasteiger partial charge in [0.2, 0.25) is 0 Å². The average Bonchev–Trinajstić information content (AvgIpc) is 2.98. The van der Waals surface area contributed by atoms with Gasteiger partial charge in [0.1, 0.15) is 29.6 Å². The summed E-state index contributed by atoms with van der Waals surface area (Å²) in [5.74, 6) is -3.67. The quantitative estimate of drug-likeness (QED) is 0.138. The van der Waals surface area contributed by atoms with E-state index in [0.717, 1.165) is 24.3 Å². The van der Waals surface area contributed by atoms with Gasteiger partial charge in [-0.05, 0) is 47.5 Å². The molecule has 1 aromatic heterocycles. The Morgan fingerprint density at radius 1 is 0.977 bits per heavy atom. The van der Waals surface area contributed by atoms with Gasteiger partial charge >= 0.3 is 12.1 Å². The Morgan fingerprint density at radius 3 is 2.47 bits per heavy atom. The molecule has 0 unspecified atom stereocenters. The molecule has 0 saturated heterocycles. The number of fused-ring (bicyclic) bond motifs is 1. The minimum atomic E-state index is -4.89. The van der Waals surface area contributed by atoms with E-state index in [4.69, 9.17) is 9.47 Å². The molecule has 11 heteroatoms. The highest BCUT2D eigenvalue weighted by Crippen LogP contribution is 2.41. The van der Waals surface area contributed by atoms with Crippen molar-refractivity contribution >= 4 is 22.9 Å². The van der Waals surface area contributed by atoms with Gasteiger partial charge in [-0.2, -0.15) is 18.2 Å². The molecule has 5 rings (SSSR count). The molecule has 0 aliphatic carbocycles. The van der Waals surface area contributed by atoms with Crippen LogP contribution in [0, 0.1) is 11.6 Å². The summed E-state index contributed by atoms with van der Waals surface area (Å²) in [5.41, 5.74) is -1.28. The first-order valence-electron chi connectivity index (χ1n) is 12.7. The van der Waals surface area contributed by atoms with Crippen molar-refractivity contribution in [3.63, 3.8) is 0 Å². The summed E-state index contributed by atoms with van der Waals surface area (Å²) in [7, 11) is 0. The van der Waals surface area contributed by atoms with Crippen LogP contribution in [0.5, 0.6) is 11.5 Å². The number of halogens is 5. The van der Waals surface area contributed by atoms with Crippen molar-refractivity contribution < 1.29 is 36.2 Å². The third kappa shape index (κ3) is 6.30. The standard InChI is InChI=1S/C32H21F5N2O4/c1-2-20-13-21(33)14-27(34)25(20)16-39-18-38-30(40)24-15-22(11-12-28(24)39)43-29-23(9-6-10-26(29)32(35,36)37)31(41)42-17-19-7-4-3-5-8-19/h2-15,18H,1,16-17H2. The Balaban J connectivity index is 1.52. The lowest BCUT2D eigenvalue weighted by Gasteiger charge is -2.18.